The Kier molecular flexibility index (Phi) is 8.53. The average Bonchev–Trinajstić information content (AvgIpc) is 3.17. The van der Waals surface area contributed by atoms with Crippen molar-refractivity contribution in [2.45, 2.75) is 26.0 Å². The van der Waals surface area contributed by atoms with Gasteiger partial charge in [0, 0.05) is 37.3 Å². The monoisotopic (exact) mass is 528 g/mol. The van der Waals surface area contributed by atoms with Gasteiger partial charge in [-0.15, -0.1) is 0 Å². The minimum absolute atomic E-state index is 0.0218. The lowest BCUT2D eigenvalue weighted by Gasteiger charge is -2.31. The highest BCUT2D eigenvalue weighted by molar-refractivity contribution is 6.46. The summed E-state index contributed by atoms with van der Waals surface area (Å²) in [5.74, 6) is -1.87. The van der Waals surface area contributed by atoms with E-state index >= 15 is 0 Å². The number of rotatable bonds is 9. The van der Waals surface area contributed by atoms with Gasteiger partial charge >= 0.3 is 0 Å². The van der Waals surface area contributed by atoms with Crippen LogP contribution in [0.5, 0.6) is 17.2 Å². The Bertz CT molecular complexity index is 1220. The van der Waals surface area contributed by atoms with Crippen LogP contribution in [-0.4, -0.2) is 86.3 Å². The number of carbonyl (C=O) groups excluding carboxylic acids is 2. The molecule has 2 saturated heterocycles. The number of carbonyl (C=O) groups is 2. The van der Waals surface area contributed by atoms with Gasteiger partial charge in [-0.25, -0.2) is 4.39 Å². The van der Waals surface area contributed by atoms with E-state index in [-0.39, 0.29) is 29.5 Å². The average molecular weight is 529 g/mol. The number of aliphatic hydroxyl groups excluding tert-OH is 1. The molecule has 9 nitrogen and oxygen atoms in total. The second-order valence-corrected chi connectivity index (χ2v) is 9.37. The summed E-state index contributed by atoms with van der Waals surface area (Å²) >= 11 is 0. The zero-order chi connectivity index (χ0) is 27.4. The van der Waals surface area contributed by atoms with E-state index in [0.29, 0.717) is 49.9 Å². The molecule has 10 heteroatoms. The number of Topliss-reactive ketones (excluding diaryl/α,β-unsaturated/α-hetero) is 1. The Hall–Kier alpha value is -3.63. The Morgan fingerprint density at radius 2 is 1.76 bits per heavy atom. The van der Waals surface area contributed by atoms with E-state index in [9.17, 15) is 19.1 Å². The zero-order valence-electron chi connectivity index (χ0n) is 22.0. The normalized spacial score (nSPS) is 19.7. The van der Waals surface area contributed by atoms with E-state index in [0.717, 1.165) is 6.07 Å². The molecule has 0 unspecified atom stereocenters. The van der Waals surface area contributed by atoms with Crippen LogP contribution in [-0.2, 0) is 14.3 Å². The standard InChI is InChI=1S/C28H33FN2O7/c1-17(2)38-23-7-5-18(15-21(23)29)26(32)24-25(20-16-19(35-3)6-8-22(20)36-4)31(28(34)27(24)33)10-9-30-11-13-37-14-12-30/h5-8,15-17,25,32H,9-14H2,1-4H3/b26-24+/t25-/m0/s1. The van der Waals surface area contributed by atoms with Gasteiger partial charge < -0.3 is 29.0 Å². The number of likely N-dealkylation sites (tertiary alicyclic amines) is 1. The third-order valence-electron chi connectivity index (χ3n) is 6.60. The molecule has 1 amide bonds. The quantitative estimate of drug-likeness (QED) is 0.301. The molecule has 0 bridgehead atoms. The molecule has 0 aliphatic carbocycles. The van der Waals surface area contributed by atoms with Crippen LogP contribution in [0.4, 0.5) is 4.39 Å². The highest BCUT2D eigenvalue weighted by atomic mass is 19.1. The van der Waals surface area contributed by atoms with Gasteiger partial charge in [0.25, 0.3) is 11.7 Å². The van der Waals surface area contributed by atoms with E-state index in [2.05, 4.69) is 4.90 Å². The van der Waals surface area contributed by atoms with Crippen molar-refractivity contribution < 1.29 is 38.0 Å². The van der Waals surface area contributed by atoms with Crippen LogP contribution in [0.1, 0.15) is 31.0 Å². The third kappa shape index (κ3) is 5.61. The van der Waals surface area contributed by atoms with Crippen LogP contribution in [0.2, 0.25) is 0 Å². The largest absolute Gasteiger partial charge is 0.507 e. The molecule has 1 N–H and O–H groups in total. The number of ether oxygens (including phenoxy) is 4. The maximum atomic E-state index is 14.8. The molecule has 0 saturated carbocycles. The highest BCUT2D eigenvalue weighted by Crippen LogP contribution is 2.44. The molecule has 38 heavy (non-hydrogen) atoms. The lowest BCUT2D eigenvalue weighted by atomic mass is 9.94. The molecule has 2 aliphatic heterocycles. The fourth-order valence-electron chi connectivity index (χ4n) is 4.71. The number of benzene rings is 2. The summed E-state index contributed by atoms with van der Waals surface area (Å²) in [6, 6.07) is 8.00. The van der Waals surface area contributed by atoms with Gasteiger partial charge in [-0.2, -0.15) is 0 Å². The summed E-state index contributed by atoms with van der Waals surface area (Å²) in [5, 5.41) is 11.3. The highest BCUT2D eigenvalue weighted by Gasteiger charge is 2.47. The van der Waals surface area contributed by atoms with Crippen LogP contribution in [0.15, 0.2) is 42.0 Å². The van der Waals surface area contributed by atoms with Gasteiger partial charge in [0.15, 0.2) is 11.6 Å². The predicted octanol–water partition coefficient (Wildman–Crippen LogP) is 3.38. The van der Waals surface area contributed by atoms with Crippen molar-refractivity contribution in [3.8, 4) is 17.2 Å². The number of amides is 1. The number of aliphatic hydroxyl groups is 1. The number of hydrogen-bond donors (Lipinski definition) is 1. The molecule has 2 heterocycles. The molecule has 2 aromatic rings. The fraction of sp³-hybridized carbons (Fsp3) is 0.429. The maximum Gasteiger partial charge on any atom is 0.295 e. The summed E-state index contributed by atoms with van der Waals surface area (Å²) < 4.78 is 36.6. The number of halogens is 1. The topological polar surface area (TPSA) is 97.8 Å². The van der Waals surface area contributed by atoms with Crippen molar-refractivity contribution in [2.75, 3.05) is 53.6 Å². The Labute approximate surface area is 221 Å². The Morgan fingerprint density at radius 1 is 1.05 bits per heavy atom. The first kappa shape index (κ1) is 27.4. The first-order chi connectivity index (χ1) is 18.2. The van der Waals surface area contributed by atoms with E-state index in [1.54, 1.807) is 32.0 Å². The zero-order valence-corrected chi connectivity index (χ0v) is 22.0. The third-order valence-corrected chi connectivity index (χ3v) is 6.60. The molecule has 2 aromatic carbocycles. The number of ketones is 1. The van der Waals surface area contributed by atoms with Crippen molar-refractivity contribution in [1.29, 1.82) is 0 Å². The maximum absolute atomic E-state index is 14.8. The molecule has 0 radical (unpaired) electrons. The lowest BCUT2D eigenvalue weighted by molar-refractivity contribution is -0.140. The van der Waals surface area contributed by atoms with E-state index in [1.807, 2.05) is 0 Å². The van der Waals surface area contributed by atoms with Crippen LogP contribution in [0.25, 0.3) is 5.76 Å². The van der Waals surface area contributed by atoms with Gasteiger partial charge in [-0.1, -0.05) is 0 Å². The minimum atomic E-state index is -0.976. The number of methoxy groups -OCH3 is 2. The first-order valence-electron chi connectivity index (χ1n) is 12.5. The van der Waals surface area contributed by atoms with Gasteiger partial charge in [-0.3, -0.25) is 14.5 Å². The summed E-state index contributed by atoms with van der Waals surface area (Å²) in [6.07, 6.45) is -0.249. The Morgan fingerprint density at radius 3 is 2.39 bits per heavy atom. The Balaban J connectivity index is 1.81. The van der Waals surface area contributed by atoms with Gasteiger partial charge in [0.05, 0.1) is 45.2 Å². The van der Waals surface area contributed by atoms with Crippen molar-refractivity contribution in [3.05, 3.63) is 58.9 Å². The molecular formula is C28H33FN2O7. The number of morpholine rings is 1. The second-order valence-electron chi connectivity index (χ2n) is 9.37. The van der Waals surface area contributed by atoms with Gasteiger partial charge in [0.1, 0.15) is 17.3 Å². The number of hydrogen-bond acceptors (Lipinski definition) is 8. The molecular weight excluding hydrogens is 495 g/mol. The molecule has 2 fully saturated rings. The second kappa shape index (κ2) is 11.8. The SMILES string of the molecule is COc1ccc(OC)c([C@H]2/C(=C(\O)c3ccc(OC(C)C)c(F)c3)C(=O)C(=O)N2CCN2CCOCC2)c1. The van der Waals surface area contributed by atoms with Crippen molar-refractivity contribution in [1.82, 2.24) is 9.80 Å². The molecule has 0 aromatic heterocycles. The number of nitrogens with zero attached hydrogens (tertiary/aromatic N) is 2. The molecule has 0 spiro atoms. The van der Waals surface area contributed by atoms with Crippen LogP contribution >= 0.6 is 0 Å². The molecule has 4 rings (SSSR count). The van der Waals surface area contributed by atoms with Crippen LogP contribution in [0.3, 0.4) is 0 Å². The van der Waals surface area contributed by atoms with Gasteiger partial charge in [0.2, 0.25) is 0 Å². The smallest absolute Gasteiger partial charge is 0.295 e. The van der Waals surface area contributed by atoms with Crippen LogP contribution in [0, 0.1) is 5.82 Å². The lowest BCUT2D eigenvalue weighted by Crippen LogP contribution is -2.42. The summed E-state index contributed by atoms with van der Waals surface area (Å²) in [5.41, 5.74) is 0.368. The summed E-state index contributed by atoms with van der Waals surface area (Å²) in [6.45, 7) is 6.88. The molecule has 2 aliphatic rings. The summed E-state index contributed by atoms with van der Waals surface area (Å²) in [4.78, 5) is 30.3. The van der Waals surface area contributed by atoms with Crippen molar-refractivity contribution in [2.24, 2.45) is 0 Å². The molecule has 1 atom stereocenters. The van der Waals surface area contributed by atoms with Crippen molar-refractivity contribution >= 4 is 17.4 Å². The first-order valence-corrected chi connectivity index (χ1v) is 12.5. The van der Waals surface area contributed by atoms with Crippen LogP contribution < -0.4 is 14.2 Å². The fourth-order valence-corrected chi connectivity index (χ4v) is 4.71. The summed E-state index contributed by atoms with van der Waals surface area (Å²) in [7, 11) is 2.98. The molecule has 204 valence electrons. The van der Waals surface area contributed by atoms with E-state index in [4.69, 9.17) is 18.9 Å². The van der Waals surface area contributed by atoms with E-state index < -0.39 is 29.3 Å². The van der Waals surface area contributed by atoms with Crippen molar-refractivity contribution in [3.63, 3.8) is 0 Å². The van der Waals surface area contributed by atoms with Gasteiger partial charge in [-0.05, 0) is 50.2 Å². The predicted molar refractivity (Wildman–Crippen MR) is 138 cm³/mol. The van der Waals surface area contributed by atoms with E-state index in [1.165, 1.54) is 31.3 Å². The minimum Gasteiger partial charge on any atom is -0.507 e.